The Balaban J connectivity index is 2.45. The van der Waals surface area contributed by atoms with Gasteiger partial charge < -0.3 is 5.11 Å². The van der Waals surface area contributed by atoms with Crippen LogP contribution in [0.4, 0.5) is 0 Å². The maximum atomic E-state index is 8.44. The molecule has 0 saturated heterocycles. The van der Waals surface area contributed by atoms with E-state index >= 15 is 0 Å². The van der Waals surface area contributed by atoms with Gasteiger partial charge in [0.25, 0.3) is 0 Å². The molecule has 0 fully saturated rings. The summed E-state index contributed by atoms with van der Waals surface area (Å²) in [6, 6.07) is 10.0. The molecule has 1 N–H and O–H groups in total. The first-order valence-electron chi connectivity index (χ1n) is 3.41. The summed E-state index contributed by atoms with van der Waals surface area (Å²) in [4.78, 5) is 1.19. The number of rotatable bonds is 3. The zero-order valence-corrected chi connectivity index (χ0v) is 6.92. The van der Waals surface area contributed by atoms with Gasteiger partial charge in [0.05, 0.1) is 6.61 Å². The summed E-state index contributed by atoms with van der Waals surface area (Å²) < 4.78 is 0. The molecule has 0 unspecified atom stereocenters. The molecular formula is C9H10OS. The van der Waals surface area contributed by atoms with Crippen LogP contribution in [0.15, 0.2) is 46.7 Å². The van der Waals surface area contributed by atoms with Crippen molar-refractivity contribution >= 4 is 11.8 Å². The minimum atomic E-state index is 0.111. The van der Waals surface area contributed by atoms with Gasteiger partial charge in [0, 0.05) is 4.90 Å². The first-order valence-corrected chi connectivity index (χ1v) is 4.29. The summed E-state index contributed by atoms with van der Waals surface area (Å²) in [5.74, 6) is 0. The first kappa shape index (κ1) is 8.37. The summed E-state index contributed by atoms with van der Waals surface area (Å²) in [5.41, 5.74) is 0. The second-order valence-electron chi connectivity index (χ2n) is 1.99. The highest BCUT2D eigenvalue weighted by Crippen LogP contribution is 2.17. The molecule has 0 spiro atoms. The molecule has 0 radical (unpaired) electrons. The van der Waals surface area contributed by atoms with E-state index in [4.69, 9.17) is 5.11 Å². The highest BCUT2D eigenvalue weighted by molar-refractivity contribution is 8.02. The van der Waals surface area contributed by atoms with Gasteiger partial charge in [0.15, 0.2) is 0 Å². The quantitative estimate of drug-likeness (QED) is 0.695. The van der Waals surface area contributed by atoms with Crippen molar-refractivity contribution in [1.82, 2.24) is 0 Å². The zero-order chi connectivity index (χ0) is 7.94. The normalized spacial score (nSPS) is 10.6. The van der Waals surface area contributed by atoms with Gasteiger partial charge in [0.1, 0.15) is 0 Å². The molecule has 11 heavy (non-hydrogen) atoms. The van der Waals surface area contributed by atoms with Gasteiger partial charge in [0.2, 0.25) is 0 Å². The lowest BCUT2D eigenvalue weighted by Gasteiger charge is -1.92. The van der Waals surface area contributed by atoms with Crippen LogP contribution in [0.25, 0.3) is 0 Å². The van der Waals surface area contributed by atoms with Crippen LogP contribution in [-0.4, -0.2) is 11.7 Å². The van der Waals surface area contributed by atoms with Crippen LogP contribution >= 0.6 is 11.8 Å². The average Bonchev–Trinajstić information content (AvgIpc) is 2.07. The van der Waals surface area contributed by atoms with Crippen LogP contribution in [0.2, 0.25) is 0 Å². The summed E-state index contributed by atoms with van der Waals surface area (Å²) in [6.07, 6.45) is 1.72. The van der Waals surface area contributed by atoms with Crippen LogP contribution in [0.5, 0.6) is 0 Å². The lowest BCUT2D eigenvalue weighted by molar-refractivity contribution is 0.343. The Morgan fingerprint density at radius 2 is 2.00 bits per heavy atom. The standard InChI is InChI=1S/C9H10OS/c10-7-4-8-11-9-5-2-1-3-6-9/h1-6,8,10H,7H2/b8-4-. The summed E-state index contributed by atoms with van der Waals surface area (Å²) >= 11 is 1.60. The fourth-order valence-electron chi connectivity index (χ4n) is 0.669. The molecule has 0 bridgehead atoms. The topological polar surface area (TPSA) is 20.2 Å². The predicted molar refractivity (Wildman–Crippen MR) is 48.5 cm³/mol. The van der Waals surface area contributed by atoms with E-state index < -0.39 is 0 Å². The number of hydrogen-bond acceptors (Lipinski definition) is 2. The minimum absolute atomic E-state index is 0.111. The van der Waals surface area contributed by atoms with Crippen LogP contribution < -0.4 is 0 Å². The molecule has 1 aromatic rings. The van der Waals surface area contributed by atoms with E-state index in [9.17, 15) is 0 Å². The van der Waals surface area contributed by atoms with Gasteiger partial charge in [-0.1, -0.05) is 36.0 Å². The van der Waals surface area contributed by atoms with Crippen molar-refractivity contribution in [2.24, 2.45) is 0 Å². The Hall–Kier alpha value is -0.730. The third-order valence-corrected chi connectivity index (χ3v) is 2.02. The molecule has 0 aliphatic carbocycles. The van der Waals surface area contributed by atoms with E-state index in [0.717, 1.165) is 0 Å². The van der Waals surface area contributed by atoms with Gasteiger partial charge in [-0.25, -0.2) is 0 Å². The van der Waals surface area contributed by atoms with Gasteiger partial charge in [-0.05, 0) is 17.5 Å². The maximum absolute atomic E-state index is 8.44. The van der Waals surface area contributed by atoms with Crippen LogP contribution in [-0.2, 0) is 0 Å². The van der Waals surface area contributed by atoms with Crippen LogP contribution in [0.1, 0.15) is 0 Å². The summed E-state index contributed by atoms with van der Waals surface area (Å²) in [5, 5.41) is 10.3. The monoisotopic (exact) mass is 166 g/mol. The van der Waals surface area contributed by atoms with Crippen molar-refractivity contribution in [3.63, 3.8) is 0 Å². The Morgan fingerprint density at radius 3 is 2.64 bits per heavy atom. The second-order valence-corrected chi connectivity index (χ2v) is 2.96. The van der Waals surface area contributed by atoms with Gasteiger partial charge in [-0.15, -0.1) is 0 Å². The molecule has 0 saturated carbocycles. The lowest BCUT2D eigenvalue weighted by Crippen LogP contribution is -1.69. The van der Waals surface area contributed by atoms with E-state index in [1.807, 2.05) is 35.7 Å². The predicted octanol–water partition coefficient (Wildman–Crippen LogP) is 2.28. The maximum Gasteiger partial charge on any atom is 0.0620 e. The van der Waals surface area contributed by atoms with E-state index in [-0.39, 0.29) is 6.61 Å². The minimum Gasteiger partial charge on any atom is -0.392 e. The number of thioether (sulfide) groups is 1. The summed E-state index contributed by atoms with van der Waals surface area (Å²) in [7, 11) is 0. The van der Waals surface area contributed by atoms with E-state index in [2.05, 4.69) is 0 Å². The SMILES string of the molecule is OC/C=C\Sc1ccccc1. The van der Waals surface area contributed by atoms with Crippen molar-refractivity contribution in [1.29, 1.82) is 0 Å². The molecule has 0 aliphatic heterocycles. The lowest BCUT2D eigenvalue weighted by atomic mass is 10.4. The Kier molecular flexibility index (Phi) is 3.80. The third-order valence-electron chi connectivity index (χ3n) is 1.15. The van der Waals surface area contributed by atoms with Crippen molar-refractivity contribution in [3.8, 4) is 0 Å². The molecular weight excluding hydrogens is 156 g/mol. The van der Waals surface area contributed by atoms with Crippen molar-refractivity contribution in [2.45, 2.75) is 4.90 Å². The molecule has 1 nitrogen and oxygen atoms in total. The Morgan fingerprint density at radius 1 is 1.27 bits per heavy atom. The van der Waals surface area contributed by atoms with Gasteiger partial charge >= 0.3 is 0 Å². The first-order chi connectivity index (χ1) is 5.43. The molecule has 0 amide bonds. The molecule has 1 aromatic carbocycles. The van der Waals surface area contributed by atoms with Crippen molar-refractivity contribution in [3.05, 3.63) is 41.8 Å². The Bertz CT molecular complexity index is 218. The van der Waals surface area contributed by atoms with Gasteiger partial charge in [-0.2, -0.15) is 0 Å². The molecule has 0 atom stereocenters. The van der Waals surface area contributed by atoms with Crippen molar-refractivity contribution in [2.75, 3.05) is 6.61 Å². The zero-order valence-electron chi connectivity index (χ0n) is 6.10. The fraction of sp³-hybridized carbons (Fsp3) is 0.111. The fourth-order valence-corrected chi connectivity index (χ4v) is 1.32. The Labute approximate surface area is 70.8 Å². The number of aliphatic hydroxyl groups excluding tert-OH is 1. The van der Waals surface area contributed by atoms with Crippen molar-refractivity contribution < 1.29 is 5.11 Å². The molecule has 2 heteroatoms. The molecule has 1 rings (SSSR count). The van der Waals surface area contributed by atoms with E-state index in [1.165, 1.54) is 4.90 Å². The number of hydrogen-bond donors (Lipinski definition) is 1. The largest absolute Gasteiger partial charge is 0.392 e. The molecule has 0 heterocycles. The molecule has 0 aliphatic rings. The van der Waals surface area contributed by atoms with E-state index in [1.54, 1.807) is 17.8 Å². The average molecular weight is 166 g/mol. The second kappa shape index (κ2) is 4.99. The number of aliphatic hydroxyl groups is 1. The van der Waals surface area contributed by atoms with Gasteiger partial charge in [-0.3, -0.25) is 0 Å². The third kappa shape index (κ3) is 3.25. The van der Waals surface area contributed by atoms with E-state index in [0.29, 0.717) is 0 Å². The highest BCUT2D eigenvalue weighted by atomic mass is 32.2. The molecule has 58 valence electrons. The smallest absolute Gasteiger partial charge is 0.0620 e. The highest BCUT2D eigenvalue weighted by Gasteiger charge is 1.84. The van der Waals surface area contributed by atoms with Crippen LogP contribution in [0.3, 0.4) is 0 Å². The number of benzene rings is 1. The van der Waals surface area contributed by atoms with Crippen LogP contribution in [0, 0.1) is 0 Å². The summed E-state index contributed by atoms with van der Waals surface area (Å²) in [6.45, 7) is 0.111. The molecule has 0 aromatic heterocycles.